The first kappa shape index (κ1) is 17.8. The van der Waals surface area contributed by atoms with E-state index in [1.54, 1.807) is 4.90 Å². The first-order chi connectivity index (χ1) is 11.2. The fourth-order valence-electron chi connectivity index (χ4n) is 3.20. The van der Waals surface area contributed by atoms with E-state index in [1.807, 2.05) is 26.8 Å². The van der Waals surface area contributed by atoms with Crippen molar-refractivity contribution < 1.29 is 9.90 Å². The number of nitrogens with one attached hydrogen (secondary N) is 1. The Kier molecular flexibility index (Phi) is 5.12. The number of hydrogen-bond donors (Lipinski definition) is 3. The molecule has 1 aromatic rings. The summed E-state index contributed by atoms with van der Waals surface area (Å²) in [6, 6.07) is 2.12. The van der Waals surface area contributed by atoms with E-state index in [4.69, 9.17) is 11.0 Å². The third kappa shape index (κ3) is 4.04. The topological polar surface area (TPSA) is 128 Å². The van der Waals surface area contributed by atoms with Gasteiger partial charge in [-0.15, -0.1) is 0 Å². The molecule has 1 aromatic heterocycles. The summed E-state index contributed by atoms with van der Waals surface area (Å²) < 4.78 is 0. The minimum atomic E-state index is -0.873. The Bertz CT molecular complexity index is 641. The SMILES string of the molecule is CC(C)(C)N(C(=O)O)[C@H]1CC[C@H](Nc2ncc(C#N)c(N)n2)CC1. The zero-order valence-corrected chi connectivity index (χ0v) is 14.3. The Morgan fingerprint density at radius 1 is 1.42 bits per heavy atom. The maximum atomic E-state index is 11.6. The quantitative estimate of drug-likeness (QED) is 0.775. The summed E-state index contributed by atoms with van der Waals surface area (Å²) in [5.41, 5.74) is 5.54. The highest BCUT2D eigenvalue weighted by Crippen LogP contribution is 2.29. The Morgan fingerprint density at radius 3 is 2.50 bits per heavy atom. The van der Waals surface area contributed by atoms with Crippen LogP contribution in [0.2, 0.25) is 0 Å². The third-order valence-electron chi connectivity index (χ3n) is 4.26. The second-order valence-electron chi connectivity index (χ2n) is 7.08. The van der Waals surface area contributed by atoms with Gasteiger partial charge in [0, 0.05) is 17.6 Å². The molecule has 0 radical (unpaired) electrons. The molecule has 8 nitrogen and oxygen atoms in total. The summed E-state index contributed by atoms with van der Waals surface area (Å²) in [5, 5.41) is 21.6. The van der Waals surface area contributed by atoms with Crippen LogP contribution >= 0.6 is 0 Å². The van der Waals surface area contributed by atoms with Crippen molar-refractivity contribution in [2.75, 3.05) is 11.1 Å². The number of nitrogens with zero attached hydrogens (tertiary/aromatic N) is 4. The van der Waals surface area contributed by atoms with Crippen molar-refractivity contribution in [1.82, 2.24) is 14.9 Å². The number of anilines is 2. The van der Waals surface area contributed by atoms with Crippen molar-refractivity contribution in [2.24, 2.45) is 0 Å². The molecule has 0 saturated heterocycles. The number of nitrogens with two attached hydrogens (primary N) is 1. The summed E-state index contributed by atoms with van der Waals surface area (Å²) in [6.45, 7) is 5.75. The van der Waals surface area contributed by atoms with Gasteiger partial charge in [0.1, 0.15) is 17.5 Å². The molecule has 4 N–H and O–H groups in total. The highest BCUT2D eigenvalue weighted by molar-refractivity contribution is 5.66. The number of amides is 1. The van der Waals surface area contributed by atoms with Crippen molar-refractivity contribution >= 4 is 17.9 Å². The Morgan fingerprint density at radius 2 is 2.04 bits per heavy atom. The van der Waals surface area contributed by atoms with Gasteiger partial charge in [0.15, 0.2) is 0 Å². The van der Waals surface area contributed by atoms with Gasteiger partial charge in [0.25, 0.3) is 0 Å². The lowest BCUT2D eigenvalue weighted by Crippen LogP contribution is -2.52. The van der Waals surface area contributed by atoms with E-state index in [1.165, 1.54) is 6.20 Å². The fourth-order valence-corrected chi connectivity index (χ4v) is 3.20. The molecule has 0 spiro atoms. The Labute approximate surface area is 141 Å². The fraction of sp³-hybridized carbons (Fsp3) is 0.625. The number of carboxylic acid groups (broad SMARTS) is 1. The van der Waals surface area contributed by atoms with Gasteiger partial charge in [0.2, 0.25) is 5.95 Å². The first-order valence-corrected chi connectivity index (χ1v) is 8.03. The van der Waals surface area contributed by atoms with Crippen LogP contribution in [0.15, 0.2) is 6.20 Å². The molecule has 1 amide bonds. The number of rotatable bonds is 3. The van der Waals surface area contributed by atoms with E-state index in [0.717, 1.165) is 25.7 Å². The molecule has 0 aliphatic heterocycles. The van der Waals surface area contributed by atoms with Crippen molar-refractivity contribution in [3.05, 3.63) is 11.8 Å². The van der Waals surface area contributed by atoms with Crippen LogP contribution in [-0.2, 0) is 0 Å². The maximum absolute atomic E-state index is 11.6. The molecule has 0 bridgehead atoms. The number of nitrogen functional groups attached to an aromatic ring is 1. The van der Waals surface area contributed by atoms with Gasteiger partial charge in [0.05, 0.1) is 6.20 Å². The molecule has 0 atom stereocenters. The average Bonchev–Trinajstić information content (AvgIpc) is 2.47. The zero-order chi connectivity index (χ0) is 17.9. The summed E-state index contributed by atoms with van der Waals surface area (Å²) in [5.74, 6) is 0.564. The molecule has 1 aliphatic rings. The van der Waals surface area contributed by atoms with Crippen molar-refractivity contribution in [2.45, 2.75) is 64.1 Å². The molecule has 24 heavy (non-hydrogen) atoms. The Hall–Kier alpha value is -2.56. The van der Waals surface area contributed by atoms with E-state index in [2.05, 4.69) is 15.3 Å². The average molecular weight is 332 g/mol. The lowest BCUT2D eigenvalue weighted by molar-refractivity contribution is 0.0556. The molecule has 1 saturated carbocycles. The zero-order valence-electron chi connectivity index (χ0n) is 14.3. The highest BCUT2D eigenvalue weighted by atomic mass is 16.4. The monoisotopic (exact) mass is 332 g/mol. The van der Waals surface area contributed by atoms with E-state index in [-0.39, 0.29) is 23.5 Å². The van der Waals surface area contributed by atoms with Crippen LogP contribution < -0.4 is 11.1 Å². The molecular formula is C16H24N6O2. The van der Waals surface area contributed by atoms with Crippen LogP contribution in [0, 0.1) is 11.3 Å². The van der Waals surface area contributed by atoms with Crippen LogP contribution in [0.1, 0.15) is 52.0 Å². The highest BCUT2D eigenvalue weighted by Gasteiger charge is 2.35. The van der Waals surface area contributed by atoms with E-state index < -0.39 is 11.6 Å². The predicted molar refractivity (Wildman–Crippen MR) is 90.4 cm³/mol. The molecule has 1 aliphatic carbocycles. The Balaban J connectivity index is 1.97. The molecule has 0 unspecified atom stereocenters. The van der Waals surface area contributed by atoms with E-state index in [9.17, 15) is 9.90 Å². The van der Waals surface area contributed by atoms with Gasteiger partial charge in [-0.3, -0.25) is 0 Å². The summed E-state index contributed by atoms with van der Waals surface area (Å²) in [6.07, 6.45) is 3.76. The number of carbonyl (C=O) groups is 1. The predicted octanol–water partition coefficient (Wildman–Crippen LogP) is 2.43. The lowest BCUT2D eigenvalue weighted by Gasteiger charge is -2.42. The number of hydrogen-bond acceptors (Lipinski definition) is 6. The van der Waals surface area contributed by atoms with Gasteiger partial charge in [-0.05, 0) is 46.5 Å². The minimum absolute atomic E-state index is 0.0208. The molecule has 130 valence electrons. The molecule has 1 heterocycles. The van der Waals surface area contributed by atoms with Crippen molar-refractivity contribution in [1.29, 1.82) is 5.26 Å². The smallest absolute Gasteiger partial charge is 0.407 e. The van der Waals surface area contributed by atoms with Gasteiger partial charge in [-0.1, -0.05) is 0 Å². The van der Waals surface area contributed by atoms with Crippen molar-refractivity contribution in [3.63, 3.8) is 0 Å². The van der Waals surface area contributed by atoms with E-state index in [0.29, 0.717) is 5.95 Å². The number of aromatic nitrogens is 2. The minimum Gasteiger partial charge on any atom is -0.465 e. The van der Waals surface area contributed by atoms with Gasteiger partial charge < -0.3 is 21.1 Å². The van der Waals surface area contributed by atoms with Gasteiger partial charge in [-0.2, -0.15) is 10.2 Å². The second-order valence-corrected chi connectivity index (χ2v) is 7.08. The molecule has 2 rings (SSSR count). The van der Waals surface area contributed by atoms with Crippen LogP contribution in [0.25, 0.3) is 0 Å². The lowest BCUT2D eigenvalue weighted by atomic mass is 9.88. The van der Waals surface area contributed by atoms with Crippen LogP contribution in [0.5, 0.6) is 0 Å². The van der Waals surface area contributed by atoms with Gasteiger partial charge >= 0.3 is 6.09 Å². The normalized spacial score (nSPS) is 20.9. The molecule has 1 fully saturated rings. The third-order valence-corrected chi connectivity index (χ3v) is 4.26. The molecular weight excluding hydrogens is 308 g/mol. The summed E-state index contributed by atoms with van der Waals surface area (Å²) in [4.78, 5) is 21.3. The van der Waals surface area contributed by atoms with Crippen LogP contribution in [0.4, 0.5) is 16.6 Å². The standard InChI is InChI=1S/C16H24N6O2/c1-16(2,3)22(15(23)24)12-6-4-11(5-7-12)20-14-19-9-10(8-17)13(18)21-14/h9,11-12H,4-7H2,1-3H3,(H,23,24)(H3,18,19,20,21)/t11-,12-. The van der Waals surface area contributed by atoms with Gasteiger partial charge in [-0.25, -0.2) is 9.78 Å². The van der Waals surface area contributed by atoms with Crippen molar-refractivity contribution in [3.8, 4) is 6.07 Å². The molecule has 8 heteroatoms. The largest absolute Gasteiger partial charge is 0.465 e. The summed E-state index contributed by atoms with van der Waals surface area (Å²) >= 11 is 0. The second kappa shape index (κ2) is 6.91. The van der Waals surface area contributed by atoms with E-state index >= 15 is 0 Å². The van der Waals surface area contributed by atoms with Crippen LogP contribution in [-0.4, -0.2) is 43.7 Å². The number of nitriles is 1. The summed E-state index contributed by atoms with van der Waals surface area (Å²) in [7, 11) is 0. The maximum Gasteiger partial charge on any atom is 0.407 e. The molecule has 0 aromatic carbocycles. The van der Waals surface area contributed by atoms with Crippen LogP contribution in [0.3, 0.4) is 0 Å². The first-order valence-electron chi connectivity index (χ1n) is 8.03.